The Morgan fingerprint density at radius 3 is 1.85 bits per heavy atom. The molecule has 0 aliphatic carbocycles. The van der Waals surface area contributed by atoms with E-state index in [0.717, 1.165) is 0 Å². The highest BCUT2D eigenvalue weighted by atomic mass is 32.2. The molecular weight excluding hydrogens is 198 g/mol. The van der Waals surface area contributed by atoms with Crippen LogP contribution in [0.4, 0.5) is 0 Å². The zero-order chi connectivity index (χ0) is 10.9. The summed E-state index contributed by atoms with van der Waals surface area (Å²) in [6.07, 6.45) is 0. The van der Waals surface area contributed by atoms with Crippen molar-refractivity contribution in [3.05, 3.63) is 0 Å². The van der Waals surface area contributed by atoms with Crippen LogP contribution in [0, 0.1) is 0 Å². The van der Waals surface area contributed by atoms with Crippen molar-refractivity contribution in [1.82, 2.24) is 0 Å². The zero-order valence-electron chi connectivity index (χ0n) is 7.76. The molecule has 1 atom stereocenters. The first-order valence-corrected chi connectivity index (χ1v) is 5.14. The molecule has 0 aromatic carbocycles. The average molecular weight is 212 g/mol. The molecule has 0 aromatic rings. The van der Waals surface area contributed by atoms with Crippen LogP contribution in [0.25, 0.3) is 0 Å². The largest absolute Gasteiger partial charge is 0.477 e. The van der Waals surface area contributed by atoms with Crippen LogP contribution in [-0.2, 0) is 14.9 Å². The maximum atomic E-state index is 10.6. The summed E-state index contributed by atoms with van der Waals surface area (Å²) in [5.74, 6) is -2.02. The van der Waals surface area contributed by atoms with E-state index in [0.29, 0.717) is 0 Å². The monoisotopic (exact) mass is 212 g/mol. The Morgan fingerprint density at radius 2 is 1.77 bits per heavy atom. The molecule has 0 aliphatic rings. The molecule has 0 fully saturated rings. The molecule has 0 bridgehead atoms. The highest BCUT2D eigenvalue weighted by Crippen LogP contribution is 2.05. The van der Waals surface area contributed by atoms with E-state index in [1.54, 1.807) is 21.1 Å². The molecule has 0 rings (SSSR count). The van der Waals surface area contributed by atoms with Gasteiger partial charge in [-0.05, 0) is 0 Å². The van der Waals surface area contributed by atoms with Crippen molar-refractivity contribution in [2.24, 2.45) is 0 Å². The van der Waals surface area contributed by atoms with E-state index >= 15 is 0 Å². The van der Waals surface area contributed by atoms with Gasteiger partial charge in [0.2, 0.25) is 6.04 Å². The number of quaternary nitrogens is 1. The Labute approximate surface area is 77.1 Å². The molecule has 0 radical (unpaired) electrons. The van der Waals surface area contributed by atoms with Gasteiger partial charge in [-0.1, -0.05) is 0 Å². The van der Waals surface area contributed by atoms with Crippen LogP contribution < -0.4 is 0 Å². The molecule has 0 heterocycles. The Morgan fingerprint density at radius 1 is 1.38 bits per heavy atom. The lowest BCUT2D eigenvalue weighted by Gasteiger charge is -2.29. The van der Waals surface area contributed by atoms with Crippen LogP contribution in [0.5, 0.6) is 0 Å². The van der Waals surface area contributed by atoms with Crippen molar-refractivity contribution >= 4 is 16.1 Å². The van der Waals surface area contributed by atoms with Crippen molar-refractivity contribution < 1.29 is 27.4 Å². The third-order valence-electron chi connectivity index (χ3n) is 1.59. The van der Waals surface area contributed by atoms with Gasteiger partial charge in [0.15, 0.2) is 0 Å². The molecule has 7 heteroatoms. The predicted molar refractivity (Wildman–Crippen MR) is 45.9 cm³/mol. The van der Waals surface area contributed by atoms with E-state index < -0.39 is 27.9 Å². The lowest BCUT2D eigenvalue weighted by molar-refractivity contribution is -0.884. The number of likely N-dealkylation sites (N-methyl/N-ethyl adjacent to an activating group) is 1. The molecule has 13 heavy (non-hydrogen) atoms. The number of hydrogen-bond donors (Lipinski definition) is 2. The first kappa shape index (κ1) is 12.3. The molecule has 0 aromatic heterocycles. The van der Waals surface area contributed by atoms with Crippen molar-refractivity contribution in [3.8, 4) is 0 Å². The Kier molecular flexibility index (Phi) is 3.42. The van der Waals surface area contributed by atoms with E-state index in [4.69, 9.17) is 9.66 Å². The van der Waals surface area contributed by atoms with Gasteiger partial charge in [-0.2, -0.15) is 8.42 Å². The van der Waals surface area contributed by atoms with Crippen molar-refractivity contribution in [1.29, 1.82) is 0 Å². The van der Waals surface area contributed by atoms with Crippen LogP contribution in [0.2, 0.25) is 0 Å². The smallest absolute Gasteiger partial charge is 0.363 e. The SMILES string of the molecule is C[N+](C)(C)C(CS(=O)(=O)O)C(=O)O. The number of hydrogen-bond acceptors (Lipinski definition) is 3. The summed E-state index contributed by atoms with van der Waals surface area (Å²) in [6.45, 7) is 0. The maximum absolute atomic E-state index is 10.6. The Balaban J connectivity index is 4.77. The molecular formula is C6H14NO5S+. The number of carboxylic acids is 1. The maximum Gasteiger partial charge on any atom is 0.363 e. The van der Waals surface area contributed by atoms with Gasteiger partial charge >= 0.3 is 5.97 Å². The summed E-state index contributed by atoms with van der Waals surface area (Å²) in [4.78, 5) is 10.6. The molecule has 0 saturated heterocycles. The van der Waals surface area contributed by atoms with Crippen LogP contribution >= 0.6 is 0 Å². The minimum Gasteiger partial charge on any atom is -0.477 e. The van der Waals surface area contributed by atoms with E-state index in [1.807, 2.05) is 0 Å². The van der Waals surface area contributed by atoms with Gasteiger partial charge in [-0.15, -0.1) is 0 Å². The van der Waals surface area contributed by atoms with E-state index in [1.165, 1.54) is 0 Å². The normalized spacial score (nSPS) is 15.4. The third-order valence-corrected chi connectivity index (χ3v) is 2.33. The second-order valence-electron chi connectivity index (χ2n) is 3.72. The fourth-order valence-corrected chi connectivity index (χ4v) is 1.81. The fourth-order valence-electron chi connectivity index (χ4n) is 0.826. The first-order chi connectivity index (χ1) is 5.54. The van der Waals surface area contributed by atoms with Crippen LogP contribution in [0.3, 0.4) is 0 Å². The van der Waals surface area contributed by atoms with Crippen molar-refractivity contribution in [2.45, 2.75) is 6.04 Å². The first-order valence-electron chi connectivity index (χ1n) is 3.53. The molecule has 6 nitrogen and oxygen atoms in total. The molecule has 0 amide bonds. The summed E-state index contributed by atoms with van der Waals surface area (Å²) in [5.41, 5.74) is 0. The van der Waals surface area contributed by atoms with Gasteiger partial charge in [-0.3, -0.25) is 4.55 Å². The summed E-state index contributed by atoms with van der Waals surface area (Å²) in [5, 5.41) is 8.68. The molecule has 78 valence electrons. The topological polar surface area (TPSA) is 91.7 Å². The minimum absolute atomic E-state index is 0.0604. The van der Waals surface area contributed by atoms with Gasteiger partial charge in [0.05, 0.1) is 21.1 Å². The number of carbonyl (C=O) groups is 1. The van der Waals surface area contributed by atoms with Gasteiger partial charge in [0.1, 0.15) is 5.75 Å². The summed E-state index contributed by atoms with van der Waals surface area (Å²) in [6, 6.07) is -1.16. The summed E-state index contributed by atoms with van der Waals surface area (Å²) < 4.78 is 29.4. The van der Waals surface area contributed by atoms with Crippen molar-refractivity contribution in [2.75, 3.05) is 26.9 Å². The fraction of sp³-hybridized carbons (Fsp3) is 0.833. The van der Waals surface area contributed by atoms with Gasteiger partial charge in [0, 0.05) is 0 Å². The lowest BCUT2D eigenvalue weighted by Crippen LogP contribution is -2.53. The number of rotatable bonds is 4. The van der Waals surface area contributed by atoms with E-state index in [9.17, 15) is 13.2 Å². The molecule has 1 unspecified atom stereocenters. The van der Waals surface area contributed by atoms with E-state index in [-0.39, 0.29) is 4.48 Å². The van der Waals surface area contributed by atoms with Crippen LogP contribution in [0.15, 0.2) is 0 Å². The second kappa shape index (κ2) is 3.60. The highest BCUT2D eigenvalue weighted by molar-refractivity contribution is 7.85. The standard InChI is InChI=1S/C6H13NO5S/c1-7(2,3)5(6(8)9)4-13(10,11)12/h5H,4H2,1-3H3,(H-,8,9,10,11,12)/p+1. The zero-order valence-corrected chi connectivity index (χ0v) is 8.58. The Bertz CT molecular complexity index is 289. The quantitative estimate of drug-likeness (QED) is 0.462. The van der Waals surface area contributed by atoms with Crippen molar-refractivity contribution in [3.63, 3.8) is 0 Å². The second-order valence-corrected chi connectivity index (χ2v) is 5.22. The minimum atomic E-state index is -4.25. The third kappa shape index (κ3) is 4.81. The van der Waals surface area contributed by atoms with E-state index in [2.05, 4.69) is 0 Å². The molecule has 0 saturated carbocycles. The number of carboxylic acid groups (broad SMARTS) is 1. The van der Waals surface area contributed by atoms with Gasteiger partial charge in [-0.25, -0.2) is 4.79 Å². The highest BCUT2D eigenvalue weighted by Gasteiger charge is 2.35. The van der Waals surface area contributed by atoms with Gasteiger partial charge in [0.25, 0.3) is 10.1 Å². The molecule has 2 N–H and O–H groups in total. The predicted octanol–water partition coefficient (Wildman–Crippen LogP) is -0.966. The summed E-state index contributed by atoms with van der Waals surface area (Å²) in [7, 11) is 0.389. The molecule has 0 aliphatic heterocycles. The number of aliphatic carboxylic acids is 1. The average Bonchev–Trinajstić information content (AvgIpc) is 1.77. The van der Waals surface area contributed by atoms with Crippen LogP contribution in [0.1, 0.15) is 0 Å². The lowest BCUT2D eigenvalue weighted by atomic mass is 10.3. The Hall–Kier alpha value is -0.660. The summed E-state index contributed by atoms with van der Waals surface area (Å²) >= 11 is 0. The molecule has 0 spiro atoms. The number of nitrogens with zero attached hydrogens (tertiary/aromatic N) is 1. The van der Waals surface area contributed by atoms with Crippen LogP contribution in [-0.4, -0.2) is 61.5 Å². The van der Waals surface area contributed by atoms with Gasteiger partial charge < -0.3 is 9.59 Å².